The lowest BCUT2D eigenvalue weighted by atomic mass is 10.0. The van der Waals surface area contributed by atoms with Crippen molar-refractivity contribution in [1.82, 2.24) is 14.8 Å². The maximum atomic E-state index is 12.8. The van der Waals surface area contributed by atoms with Crippen LogP contribution in [0.4, 0.5) is 4.79 Å². The quantitative estimate of drug-likeness (QED) is 0.489. The molecular formula is C25H26N4O7S. The monoisotopic (exact) mass is 526 g/mol. The van der Waals surface area contributed by atoms with Crippen LogP contribution in [0.2, 0.25) is 0 Å². The molecule has 0 aliphatic carbocycles. The molecule has 4 rings (SSSR count). The molecule has 11 nitrogen and oxygen atoms in total. The molecule has 2 aromatic carbocycles. The second-order valence-corrected chi connectivity index (χ2v) is 10.5. The molecule has 0 spiro atoms. The van der Waals surface area contributed by atoms with E-state index in [-0.39, 0.29) is 26.1 Å². The molecule has 12 heteroatoms. The number of hydrogen-bond donors (Lipinski definition) is 2. The molecule has 1 aromatic heterocycles. The first-order valence-electron chi connectivity index (χ1n) is 11.5. The number of carbonyl (C=O) groups is 2. The summed E-state index contributed by atoms with van der Waals surface area (Å²) in [7, 11) is 0.314. The van der Waals surface area contributed by atoms with Crippen LogP contribution in [-0.2, 0) is 33.8 Å². The van der Waals surface area contributed by atoms with Crippen molar-refractivity contribution in [2.45, 2.75) is 23.8 Å². The van der Waals surface area contributed by atoms with Crippen LogP contribution in [0.5, 0.6) is 0 Å². The molecule has 1 aliphatic rings. The van der Waals surface area contributed by atoms with Gasteiger partial charge in [0.2, 0.25) is 0 Å². The highest BCUT2D eigenvalue weighted by atomic mass is 32.2. The van der Waals surface area contributed by atoms with E-state index in [4.69, 9.17) is 9.15 Å². The maximum Gasteiger partial charge on any atom is 0.419 e. The molecule has 1 fully saturated rings. The fourth-order valence-electron chi connectivity index (χ4n) is 4.13. The SMILES string of the molecule is Cn1c(=O)oc2ccc(-c3ccc(C[C@@H](C#N)NC(=O)[C@@H]4CN(C(=O)O)CC(S(C)=O)CO4)cc3)cc21. The van der Waals surface area contributed by atoms with Gasteiger partial charge in [-0.15, -0.1) is 0 Å². The van der Waals surface area contributed by atoms with Gasteiger partial charge < -0.3 is 24.5 Å². The van der Waals surface area contributed by atoms with E-state index >= 15 is 0 Å². The lowest BCUT2D eigenvalue weighted by molar-refractivity contribution is -0.133. The molecule has 0 bridgehead atoms. The minimum absolute atomic E-state index is 0.0000902. The number of benzene rings is 2. The number of rotatable bonds is 6. The molecule has 194 valence electrons. The number of nitrogens with one attached hydrogen (secondary N) is 1. The highest BCUT2D eigenvalue weighted by molar-refractivity contribution is 7.85. The molecular weight excluding hydrogens is 500 g/mol. The van der Waals surface area contributed by atoms with Crippen molar-refractivity contribution in [3.63, 3.8) is 0 Å². The molecule has 2 amide bonds. The van der Waals surface area contributed by atoms with E-state index in [1.807, 2.05) is 36.4 Å². The highest BCUT2D eigenvalue weighted by Gasteiger charge is 2.33. The smallest absolute Gasteiger partial charge is 0.419 e. The molecule has 1 saturated heterocycles. The summed E-state index contributed by atoms with van der Waals surface area (Å²) in [5.74, 6) is -1.03. The van der Waals surface area contributed by atoms with Gasteiger partial charge in [-0.25, -0.2) is 9.59 Å². The Morgan fingerprint density at radius 1 is 1.22 bits per heavy atom. The Morgan fingerprint density at radius 3 is 2.57 bits per heavy atom. The van der Waals surface area contributed by atoms with Gasteiger partial charge in [-0.1, -0.05) is 30.3 Å². The molecule has 0 radical (unpaired) electrons. The van der Waals surface area contributed by atoms with E-state index in [0.717, 1.165) is 21.6 Å². The first kappa shape index (κ1) is 26.1. The summed E-state index contributed by atoms with van der Waals surface area (Å²) in [6.45, 7) is -0.239. The number of oxazole rings is 1. The van der Waals surface area contributed by atoms with Crippen LogP contribution in [0, 0.1) is 11.3 Å². The number of fused-ring (bicyclic) bond motifs is 1. The van der Waals surface area contributed by atoms with Crippen LogP contribution in [0.1, 0.15) is 5.56 Å². The van der Waals surface area contributed by atoms with Gasteiger partial charge >= 0.3 is 11.8 Å². The predicted molar refractivity (Wildman–Crippen MR) is 135 cm³/mol. The predicted octanol–water partition coefficient (Wildman–Crippen LogP) is 1.48. The van der Waals surface area contributed by atoms with Crippen LogP contribution < -0.4 is 11.1 Å². The van der Waals surface area contributed by atoms with Crippen molar-refractivity contribution in [3.8, 4) is 17.2 Å². The van der Waals surface area contributed by atoms with Crippen molar-refractivity contribution in [3.05, 3.63) is 58.6 Å². The van der Waals surface area contributed by atoms with Crippen LogP contribution >= 0.6 is 0 Å². The number of nitriles is 1. The van der Waals surface area contributed by atoms with Crippen LogP contribution in [-0.4, -0.2) is 74.1 Å². The molecule has 0 saturated carbocycles. The van der Waals surface area contributed by atoms with Gasteiger partial charge in [0.1, 0.15) is 6.04 Å². The Balaban J connectivity index is 1.42. The molecule has 1 aliphatic heterocycles. The van der Waals surface area contributed by atoms with Gasteiger partial charge in [-0.05, 0) is 28.8 Å². The van der Waals surface area contributed by atoms with E-state index in [1.54, 1.807) is 13.1 Å². The van der Waals surface area contributed by atoms with E-state index in [2.05, 4.69) is 11.4 Å². The fourth-order valence-corrected chi connectivity index (χ4v) is 4.79. The van der Waals surface area contributed by atoms with Gasteiger partial charge in [0.05, 0.1) is 30.0 Å². The lowest BCUT2D eigenvalue weighted by Crippen LogP contribution is -2.47. The fraction of sp³-hybridized carbons (Fsp3) is 0.360. The minimum Gasteiger partial charge on any atom is -0.465 e. The third-order valence-electron chi connectivity index (χ3n) is 6.32. The second kappa shape index (κ2) is 11.0. The minimum atomic E-state index is -1.32. The van der Waals surface area contributed by atoms with Gasteiger partial charge in [-0.3, -0.25) is 13.6 Å². The summed E-state index contributed by atoms with van der Waals surface area (Å²) in [4.78, 5) is 37.1. The number of carboxylic acid groups (broad SMARTS) is 1. The van der Waals surface area contributed by atoms with Crippen LogP contribution in [0.25, 0.3) is 22.2 Å². The third kappa shape index (κ3) is 5.90. The number of hydrogen-bond acceptors (Lipinski definition) is 7. The summed E-state index contributed by atoms with van der Waals surface area (Å²) in [6.07, 6.45) is -0.653. The molecule has 2 N–H and O–H groups in total. The number of amides is 2. The largest absolute Gasteiger partial charge is 0.465 e. The van der Waals surface area contributed by atoms with E-state index in [1.165, 1.54) is 10.8 Å². The molecule has 2 unspecified atom stereocenters. The van der Waals surface area contributed by atoms with E-state index < -0.39 is 46.0 Å². The number of carbonyl (C=O) groups excluding carboxylic acids is 1. The average molecular weight is 527 g/mol. The van der Waals surface area contributed by atoms with Gasteiger partial charge in [0.15, 0.2) is 11.7 Å². The van der Waals surface area contributed by atoms with Crippen molar-refractivity contribution in [2.75, 3.05) is 26.0 Å². The van der Waals surface area contributed by atoms with Crippen LogP contribution in [0.15, 0.2) is 51.7 Å². The highest BCUT2D eigenvalue weighted by Crippen LogP contribution is 2.24. The van der Waals surface area contributed by atoms with Crippen LogP contribution in [0.3, 0.4) is 0 Å². The molecule has 2 heterocycles. The van der Waals surface area contributed by atoms with Crippen molar-refractivity contribution >= 4 is 33.9 Å². The summed E-state index contributed by atoms with van der Waals surface area (Å²) >= 11 is 0. The average Bonchev–Trinajstić information content (AvgIpc) is 3.03. The first-order chi connectivity index (χ1) is 17.7. The van der Waals surface area contributed by atoms with Crippen molar-refractivity contribution in [1.29, 1.82) is 5.26 Å². The maximum absolute atomic E-state index is 12.8. The van der Waals surface area contributed by atoms with E-state index in [0.29, 0.717) is 11.1 Å². The standard InChI is InChI=1S/C25H26N4O7S/c1-28-20-10-17(7-8-21(20)36-25(28)33)16-5-3-15(4-6-16)9-18(11-26)27-23(30)22-13-29(24(31)32)12-19(14-35-22)37(2)34/h3-8,10,18-19,22H,9,12-14H2,1-2H3,(H,27,30)(H,31,32)/t18-,19?,22-,37?/m0/s1. The Bertz CT molecular complexity index is 1440. The van der Waals surface area contributed by atoms with Gasteiger partial charge in [0.25, 0.3) is 5.91 Å². The Kier molecular flexibility index (Phi) is 7.75. The van der Waals surface area contributed by atoms with Gasteiger partial charge in [-0.2, -0.15) is 5.26 Å². The Hall–Kier alpha value is -3.95. The number of aryl methyl sites for hydroxylation is 1. The summed E-state index contributed by atoms with van der Waals surface area (Å²) in [6, 6.07) is 14.1. The lowest BCUT2D eigenvalue weighted by Gasteiger charge is -2.22. The van der Waals surface area contributed by atoms with Crippen molar-refractivity contribution < 1.29 is 28.1 Å². The molecule has 3 aromatic rings. The zero-order chi connectivity index (χ0) is 26.7. The summed E-state index contributed by atoms with van der Waals surface area (Å²) in [5.41, 5.74) is 3.78. The second-order valence-electron chi connectivity index (χ2n) is 8.83. The zero-order valence-corrected chi connectivity index (χ0v) is 21.1. The number of aromatic nitrogens is 1. The first-order valence-corrected chi connectivity index (χ1v) is 13.1. The topological polar surface area (TPSA) is 155 Å². The zero-order valence-electron chi connectivity index (χ0n) is 20.2. The summed E-state index contributed by atoms with van der Waals surface area (Å²) in [5, 5.41) is 21.1. The Morgan fingerprint density at radius 2 is 1.92 bits per heavy atom. The summed E-state index contributed by atoms with van der Waals surface area (Å²) < 4.78 is 24.0. The Labute approximate surface area is 214 Å². The number of nitrogens with zero attached hydrogens (tertiary/aromatic N) is 3. The van der Waals surface area contributed by atoms with E-state index in [9.17, 15) is 29.0 Å². The molecule has 4 atom stereocenters. The van der Waals surface area contributed by atoms with Crippen molar-refractivity contribution in [2.24, 2.45) is 7.05 Å². The number of ether oxygens (including phenoxy) is 1. The third-order valence-corrected chi connectivity index (χ3v) is 7.54. The molecule has 37 heavy (non-hydrogen) atoms. The normalized spacial score (nSPS) is 19.5. The van der Waals surface area contributed by atoms with Gasteiger partial charge in [0, 0.05) is 37.1 Å².